The van der Waals surface area contributed by atoms with Crippen molar-refractivity contribution in [3.63, 3.8) is 0 Å². The highest BCUT2D eigenvalue weighted by Gasteiger charge is 2.30. The van der Waals surface area contributed by atoms with E-state index in [0.29, 0.717) is 25.7 Å². The van der Waals surface area contributed by atoms with Crippen LogP contribution in [0.5, 0.6) is 0 Å². The molecule has 0 aliphatic rings. The molecule has 594 valence electrons. The van der Waals surface area contributed by atoms with Crippen molar-refractivity contribution in [3.8, 4) is 0 Å². The Labute approximate surface area is 613 Å². The number of ether oxygens (including phenoxy) is 4. The van der Waals surface area contributed by atoms with Crippen molar-refractivity contribution >= 4 is 39.5 Å². The maximum absolute atomic E-state index is 13.1. The van der Waals surface area contributed by atoms with E-state index in [1.54, 1.807) is 0 Å². The molecule has 0 amide bonds. The third-order valence-electron chi connectivity index (χ3n) is 19.1. The van der Waals surface area contributed by atoms with Gasteiger partial charge in [-0.3, -0.25) is 37.3 Å². The average Bonchev–Trinajstić information content (AvgIpc) is 0.917. The maximum atomic E-state index is 13.1. The Morgan fingerprint density at radius 3 is 0.590 bits per heavy atom. The van der Waals surface area contributed by atoms with Gasteiger partial charge in [-0.05, 0) is 25.7 Å². The van der Waals surface area contributed by atoms with E-state index < -0.39 is 97.5 Å². The molecule has 5 atom stereocenters. The molecule has 19 heteroatoms. The molecule has 0 aromatic heterocycles. The highest BCUT2D eigenvalue weighted by Crippen LogP contribution is 2.45. The van der Waals surface area contributed by atoms with E-state index in [4.69, 9.17) is 37.0 Å². The van der Waals surface area contributed by atoms with Crippen molar-refractivity contribution in [2.75, 3.05) is 39.6 Å². The lowest BCUT2D eigenvalue weighted by molar-refractivity contribution is -0.161. The van der Waals surface area contributed by atoms with Crippen molar-refractivity contribution < 1.29 is 80.2 Å². The Balaban J connectivity index is 5.11. The number of esters is 4. The number of aliphatic hydroxyl groups excluding tert-OH is 1. The summed E-state index contributed by atoms with van der Waals surface area (Å²) in [4.78, 5) is 72.7. The fourth-order valence-corrected chi connectivity index (χ4v) is 14.2. The minimum atomic E-state index is -4.96. The van der Waals surface area contributed by atoms with E-state index >= 15 is 0 Å². The van der Waals surface area contributed by atoms with E-state index in [0.717, 1.165) is 96.3 Å². The molecule has 17 nitrogen and oxygen atoms in total. The summed E-state index contributed by atoms with van der Waals surface area (Å²) in [6, 6.07) is 0. The molecule has 0 spiro atoms. The van der Waals surface area contributed by atoms with Crippen LogP contribution >= 0.6 is 15.6 Å². The van der Waals surface area contributed by atoms with Crippen LogP contribution in [0, 0.1) is 0 Å². The summed E-state index contributed by atoms with van der Waals surface area (Å²) in [5, 5.41) is 10.6. The van der Waals surface area contributed by atoms with Crippen molar-refractivity contribution in [1.29, 1.82) is 0 Å². The van der Waals surface area contributed by atoms with Crippen LogP contribution in [0.3, 0.4) is 0 Å². The van der Waals surface area contributed by atoms with Crippen molar-refractivity contribution in [3.05, 3.63) is 0 Å². The first kappa shape index (κ1) is 98.1. The SMILES string of the molecule is CCCCCCCCCCCCCCCCCCCCCC(=O)OC[C@H](COP(=O)(O)OC[C@@H](O)COP(=O)(O)OC[C@@H](COC(=O)CCCCCCC)OC(=O)CCCCCCCCCCCCCCCCCCC)OC(=O)CCCCCCCCCCCCCCCCCCCCC. The predicted molar refractivity (Wildman–Crippen MR) is 409 cm³/mol. The van der Waals surface area contributed by atoms with Crippen LogP contribution < -0.4 is 0 Å². The zero-order chi connectivity index (χ0) is 73.2. The number of carbonyl (C=O) groups is 4. The monoisotopic (exact) mass is 1470 g/mol. The number of unbranched alkanes of at least 4 members (excludes halogenated alkanes) is 56. The minimum Gasteiger partial charge on any atom is -0.462 e. The zero-order valence-electron chi connectivity index (χ0n) is 65.2. The van der Waals surface area contributed by atoms with Crippen molar-refractivity contribution in [1.82, 2.24) is 0 Å². The summed E-state index contributed by atoms with van der Waals surface area (Å²) in [7, 11) is -9.91. The van der Waals surface area contributed by atoms with Gasteiger partial charge in [0.1, 0.15) is 19.3 Å². The molecular weight excluding hydrogens is 1310 g/mol. The standard InChI is InChI=1S/C81H158O17P2/c1-5-9-13-17-20-23-26-29-32-35-37-40-42-45-48-51-54-58-62-66-79(84)92-72-77(98-81(86)68-64-60-56-53-50-47-44-41-38-36-33-30-27-24-21-18-14-10-6-2)74-96-100(89,90)94-70-75(82)69-93-99(87,88)95-73-76(71-91-78(83)65-61-57-16-12-8-4)97-80(85)67-63-59-55-52-49-46-43-39-34-31-28-25-22-19-15-11-7-3/h75-77,82H,5-74H2,1-4H3,(H,87,88)(H,89,90)/t75-,76+,77+/m0/s1. The smallest absolute Gasteiger partial charge is 0.462 e. The van der Waals surface area contributed by atoms with Crippen LogP contribution in [-0.4, -0.2) is 96.7 Å². The normalized spacial score (nSPS) is 13.8. The van der Waals surface area contributed by atoms with Crippen LogP contribution in [0.1, 0.15) is 439 Å². The van der Waals surface area contributed by atoms with E-state index in [-0.39, 0.29) is 25.7 Å². The van der Waals surface area contributed by atoms with E-state index in [1.165, 1.54) is 263 Å². The second-order valence-electron chi connectivity index (χ2n) is 29.2. The molecule has 100 heavy (non-hydrogen) atoms. The van der Waals surface area contributed by atoms with Gasteiger partial charge in [0.25, 0.3) is 0 Å². The Hall–Kier alpha value is -1.94. The van der Waals surface area contributed by atoms with Gasteiger partial charge in [0.2, 0.25) is 0 Å². The first-order valence-corrected chi connectivity index (χ1v) is 45.3. The van der Waals surface area contributed by atoms with Crippen molar-refractivity contribution in [2.45, 2.75) is 457 Å². The molecule has 0 fully saturated rings. The van der Waals surface area contributed by atoms with Crippen LogP contribution in [-0.2, 0) is 65.4 Å². The summed E-state index contributed by atoms with van der Waals surface area (Å²) in [5.74, 6) is -2.12. The first-order valence-electron chi connectivity index (χ1n) is 42.3. The lowest BCUT2D eigenvalue weighted by atomic mass is 10.0. The molecule has 0 radical (unpaired) electrons. The van der Waals surface area contributed by atoms with Gasteiger partial charge in [0.05, 0.1) is 26.4 Å². The Kier molecular flexibility index (Phi) is 73.8. The van der Waals surface area contributed by atoms with Gasteiger partial charge in [0.15, 0.2) is 12.2 Å². The van der Waals surface area contributed by atoms with Crippen molar-refractivity contribution in [2.24, 2.45) is 0 Å². The summed E-state index contributed by atoms with van der Waals surface area (Å²) in [5.41, 5.74) is 0. The predicted octanol–water partition coefficient (Wildman–Crippen LogP) is 24.6. The number of hydrogen-bond donors (Lipinski definition) is 3. The Morgan fingerprint density at radius 1 is 0.240 bits per heavy atom. The van der Waals surface area contributed by atoms with Crippen LogP contribution in [0.25, 0.3) is 0 Å². The molecule has 0 aliphatic carbocycles. The lowest BCUT2D eigenvalue weighted by Gasteiger charge is -2.21. The molecule has 3 N–H and O–H groups in total. The largest absolute Gasteiger partial charge is 0.472 e. The second-order valence-corrected chi connectivity index (χ2v) is 32.1. The Morgan fingerprint density at radius 2 is 0.400 bits per heavy atom. The number of aliphatic hydroxyl groups is 1. The lowest BCUT2D eigenvalue weighted by Crippen LogP contribution is -2.30. The van der Waals surface area contributed by atoms with Gasteiger partial charge < -0.3 is 33.8 Å². The van der Waals surface area contributed by atoms with Gasteiger partial charge in [-0.2, -0.15) is 0 Å². The summed E-state index contributed by atoms with van der Waals surface area (Å²) >= 11 is 0. The molecule has 0 bridgehead atoms. The quantitative estimate of drug-likeness (QED) is 0.0222. The topological polar surface area (TPSA) is 237 Å². The minimum absolute atomic E-state index is 0.108. The van der Waals surface area contributed by atoms with Gasteiger partial charge in [-0.25, -0.2) is 9.13 Å². The molecule has 0 aromatic carbocycles. The second kappa shape index (κ2) is 75.3. The maximum Gasteiger partial charge on any atom is 0.472 e. The summed E-state index contributed by atoms with van der Waals surface area (Å²) < 4.78 is 68.5. The Bertz CT molecular complexity index is 1890. The highest BCUT2D eigenvalue weighted by molar-refractivity contribution is 7.47. The van der Waals surface area contributed by atoms with E-state index in [1.807, 2.05) is 0 Å². The summed E-state index contributed by atoms with van der Waals surface area (Å²) in [6.07, 6.45) is 68.5. The number of phosphoric acid groups is 2. The molecular formula is C81H158O17P2. The van der Waals surface area contributed by atoms with Gasteiger partial charge in [-0.15, -0.1) is 0 Å². The highest BCUT2D eigenvalue weighted by atomic mass is 31.2. The molecule has 0 rings (SSSR count). The number of rotatable bonds is 82. The average molecular weight is 1470 g/mol. The number of phosphoric ester groups is 2. The van der Waals surface area contributed by atoms with Gasteiger partial charge in [-0.1, -0.05) is 387 Å². The molecule has 0 aliphatic heterocycles. The van der Waals surface area contributed by atoms with Gasteiger partial charge >= 0.3 is 39.5 Å². The van der Waals surface area contributed by atoms with Gasteiger partial charge in [0, 0.05) is 25.7 Å². The summed E-state index contributed by atoms with van der Waals surface area (Å²) in [6.45, 7) is 4.94. The molecule has 0 saturated carbocycles. The zero-order valence-corrected chi connectivity index (χ0v) is 67.0. The number of hydrogen-bond acceptors (Lipinski definition) is 15. The van der Waals surface area contributed by atoms with Crippen LogP contribution in [0.4, 0.5) is 0 Å². The van der Waals surface area contributed by atoms with E-state index in [2.05, 4.69) is 27.7 Å². The van der Waals surface area contributed by atoms with Crippen LogP contribution in [0.15, 0.2) is 0 Å². The molecule has 0 heterocycles. The van der Waals surface area contributed by atoms with E-state index in [9.17, 15) is 43.2 Å². The molecule has 0 aromatic rings. The molecule has 2 unspecified atom stereocenters. The fraction of sp³-hybridized carbons (Fsp3) is 0.951. The third-order valence-corrected chi connectivity index (χ3v) is 21.0. The third kappa shape index (κ3) is 74.3. The number of carbonyl (C=O) groups excluding carboxylic acids is 4. The fourth-order valence-electron chi connectivity index (χ4n) is 12.6. The molecule has 0 saturated heterocycles. The van der Waals surface area contributed by atoms with Crippen LogP contribution in [0.2, 0.25) is 0 Å². The first-order chi connectivity index (χ1) is 48.7.